The molecule has 0 unspecified atom stereocenters. The first kappa shape index (κ1) is 23.7. The van der Waals surface area contributed by atoms with Gasteiger partial charge in [0.05, 0.1) is 22.3 Å². The average molecular weight is 492 g/mol. The molecule has 35 heavy (non-hydrogen) atoms. The van der Waals surface area contributed by atoms with Crippen LogP contribution in [0.4, 0.5) is 11.4 Å². The van der Waals surface area contributed by atoms with Gasteiger partial charge in [-0.05, 0) is 76.0 Å². The Hall–Kier alpha value is -3.00. The van der Waals surface area contributed by atoms with Crippen LogP contribution in [0.3, 0.4) is 0 Å². The molecule has 8 heteroatoms. The van der Waals surface area contributed by atoms with Crippen molar-refractivity contribution in [2.24, 2.45) is 5.92 Å². The summed E-state index contributed by atoms with van der Waals surface area (Å²) in [5.41, 5.74) is 6.84. The van der Waals surface area contributed by atoms with Crippen molar-refractivity contribution >= 4 is 44.9 Å². The molecule has 0 aliphatic carbocycles. The minimum absolute atomic E-state index is 0.0527. The Kier molecular flexibility index (Phi) is 6.49. The Bertz CT molecular complexity index is 1260. The zero-order chi connectivity index (χ0) is 24.7. The van der Waals surface area contributed by atoms with Crippen molar-refractivity contribution in [1.82, 2.24) is 14.3 Å². The van der Waals surface area contributed by atoms with E-state index in [1.165, 1.54) is 17.1 Å². The number of hydrogen-bond donors (Lipinski definition) is 1. The summed E-state index contributed by atoms with van der Waals surface area (Å²) in [6, 6.07) is 4.21. The van der Waals surface area contributed by atoms with E-state index in [2.05, 4.69) is 38.6 Å². The molecular weight excluding hydrogens is 458 g/mol. The molecule has 0 atom stereocenters. The number of nitrogens with one attached hydrogen (secondary N) is 1. The summed E-state index contributed by atoms with van der Waals surface area (Å²) in [7, 11) is 0. The van der Waals surface area contributed by atoms with Crippen LogP contribution in [0, 0.1) is 33.6 Å². The van der Waals surface area contributed by atoms with Gasteiger partial charge >= 0.3 is 0 Å². The Morgan fingerprint density at radius 2 is 1.66 bits per heavy atom. The molecule has 2 amide bonds. The summed E-state index contributed by atoms with van der Waals surface area (Å²) in [5, 5.41) is 4.18. The summed E-state index contributed by atoms with van der Waals surface area (Å²) in [4.78, 5) is 36.3. The highest BCUT2D eigenvalue weighted by molar-refractivity contribution is 7.13. The summed E-state index contributed by atoms with van der Waals surface area (Å²) in [5.74, 6) is 0.0899. The minimum Gasteiger partial charge on any atom is -0.370 e. The number of fused-ring (bicyclic) bond motifs is 1. The second-order valence-corrected chi connectivity index (χ2v) is 10.7. The molecule has 2 aliphatic heterocycles. The normalized spacial score (nSPS) is 16.8. The second kappa shape index (κ2) is 9.57. The van der Waals surface area contributed by atoms with Gasteiger partial charge in [-0.25, -0.2) is 4.98 Å². The topological polar surface area (TPSA) is 78.4 Å². The van der Waals surface area contributed by atoms with Gasteiger partial charge in [0.25, 0.3) is 5.91 Å². The van der Waals surface area contributed by atoms with Gasteiger partial charge in [0, 0.05) is 44.0 Å². The highest BCUT2D eigenvalue weighted by Crippen LogP contribution is 2.37. The van der Waals surface area contributed by atoms with E-state index in [1.54, 1.807) is 6.20 Å². The second-order valence-electron chi connectivity index (χ2n) is 9.99. The smallest absolute Gasteiger partial charge is 0.257 e. The number of carbonyl (C=O) groups is 2. The van der Waals surface area contributed by atoms with Gasteiger partial charge in [0.15, 0.2) is 0 Å². The van der Waals surface area contributed by atoms with Crippen LogP contribution in [0.2, 0.25) is 0 Å². The molecule has 3 aromatic rings. The van der Waals surface area contributed by atoms with Gasteiger partial charge in [-0.3, -0.25) is 9.59 Å². The number of piperidine rings is 1. The lowest BCUT2D eigenvalue weighted by Crippen LogP contribution is -2.40. The third kappa shape index (κ3) is 4.51. The largest absolute Gasteiger partial charge is 0.370 e. The van der Waals surface area contributed by atoms with E-state index >= 15 is 0 Å². The van der Waals surface area contributed by atoms with Gasteiger partial charge in [-0.2, -0.15) is 4.37 Å². The van der Waals surface area contributed by atoms with Crippen LogP contribution < -0.4 is 10.2 Å². The number of pyridine rings is 1. The first-order valence-corrected chi connectivity index (χ1v) is 13.3. The highest BCUT2D eigenvalue weighted by Gasteiger charge is 2.31. The first-order chi connectivity index (χ1) is 16.8. The molecule has 2 fully saturated rings. The number of rotatable bonds is 4. The maximum absolute atomic E-state index is 13.4. The van der Waals surface area contributed by atoms with Crippen molar-refractivity contribution in [3.05, 3.63) is 46.3 Å². The van der Waals surface area contributed by atoms with E-state index in [0.29, 0.717) is 5.56 Å². The predicted octanol–water partition coefficient (Wildman–Crippen LogP) is 5.02. The van der Waals surface area contributed by atoms with Gasteiger partial charge in [0.2, 0.25) is 5.91 Å². The van der Waals surface area contributed by atoms with E-state index in [4.69, 9.17) is 0 Å². The van der Waals surface area contributed by atoms with Crippen LogP contribution in [0.1, 0.15) is 58.4 Å². The summed E-state index contributed by atoms with van der Waals surface area (Å²) in [6.45, 7) is 11.2. The zero-order valence-corrected chi connectivity index (χ0v) is 21.8. The fraction of sp³-hybridized carbons (Fsp3) is 0.481. The van der Waals surface area contributed by atoms with Gasteiger partial charge in [-0.15, -0.1) is 0 Å². The molecule has 7 nitrogen and oxygen atoms in total. The van der Waals surface area contributed by atoms with E-state index < -0.39 is 0 Å². The average Bonchev–Trinajstić information content (AvgIpc) is 3.51. The predicted molar refractivity (Wildman–Crippen MR) is 142 cm³/mol. The van der Waals surface area contributed by atoms with Crippen LogP contribution in [0.5, 0.6) is 0 Å². The van der Waals surface area contributed by atoms with Crippen LogP contribution in [-0.4, -0.2) is 52.3 Å². The molecule has 0 spiro atoms. The van der Waals surface area contributed by atoms with Crippen molar-refractivity contribution in [2.75, 3.05) is 36.4 Å². The lowest BCUT2D eigenvalue weighted by atomic mass is 9.94. The molecular formula is C27H33N5O2S. The maximum Gasteiger partial charge on any atom is 0.257 e. The SMILES string of the molecule is Cc1cc(C)c(NC(=O)C2CCN(c3c(C(=O)N4CCCC4)cnc4snc(C)c34)CC2)c(C)c1. The van der Waals surface area contributed by atoms with Crippen molar-refractivity contribution in [3.63, 3.8) is 0 Å². The van der Waals surface area contributed by atoms with E-state index in [-0.39, 0.29) is 17.7 Å². The standard InChI is InChI=1S/C27H33N5O2S/c1-16-13-17(2)23(18(3)14-16)29-25(33)20-7-11-31(12-8-20)24-21(27(34)32-9-5-6-10-32)15-28-26-22(24)19(4)30-35-26/h13-15,20H,5-12H2,1-4H3,(H,29,33). The van der Waals surface area contributed by atoms with Crippen LogP contribution >= 0.6 is 11.5 Å². The molecule has 0 saturated carbocycles. The van der Waals surface area contributed by atoms with Crippen molar-refractivity contribution in [3.8, 4) is 0 Å². The Balaban J connectivity index is 1.37. The third-order valence-electron chi connectivity index (χ3n) is 7.38. The number of hydrogen-bond acceptors (Lipinski definition) is 6. The molecule has 2 saturated heterocycles. The molecule has 5 rings (SSSR count). The summed E-state index contributed by atoms with van der Waals surface area (Å²) >= 11 is 1.38. The van der Waals surface area contributed by atoms with E-state index in [0.717, 1.165) is 90.3 Å². The van der Waals surface area contributed by atoms with E-state index in [1.807, 2.05) is 25.7 Å². The lowest BCUT2D eigenvalue weighted by molar-refractivity contribution is -0.120. The fourth-order valence-electron chi connectivity index (χ4n) is 5.58. The fourth-order valence-corrected chi connectivity index (χ4v) is 6.33. The summed E-state index contributed by atoms with van der Waals surface area (Å²) in [6.07, 6.45) is 5.32. The molecule has 2 aromatic heterocycles. The van der Waals surface area contributed by atoms with Crippen LogP contribution in [-0.2, 0) is 4.79 Å². The van der Waals surface area contributed by atoms with Crippen molar-refractivity contribution in [2.45, 2.75) is 53.4 Å². The zero-order valence-electron chi connectivity index (χ0n) is 21.0. The first-order valence-electron chi connectivity index (χ1n) is 12.5. The number of carbonyl (C=O) groups excluding carboxylic acids is 2. The van der Waals surface area contributed by atoms with Gasteiger partial charge in [-0.1, -0.05) is 17.7 Å². The highest BCUT2D eigenvalue weighted by atomic mass is 32.1. The number of likely N-dealkylation sites (tertiary alicyclic amines) is 1. The molecule has 0 radical (unpaired) electrons. The number of anilines is 2. The van der Waals surface area contributed by atoms with Crippen LogP contribution in [0.25, 0.3) is 10.2 Å². The molecule has 2 aliphatic rings. The lowest BCUT2D eigenvalue weighted by Gasteiger charge is -2.35. The van der Waals surface area contributed by atoms with Crippen molar-refractivity contribution < 1.29 is 9.59 Å². The Morgan fingerprint density at radius 1 is 1.00 bits per heavy atom. The minimum atomic E-state index is -0.0527. The number of benzene rings is 1. The Morgan fingerprint density at radius 3 is 2.31 bits per heavy atom. The molecule has 184 valence electrons. The number of aryl methyl sites for hydroxylation is 4. The van der Waals surface area contributed by atoms with E-state index in [9.17, 15) is 9.59 Å². The third-order valence-corrected chi connectivity index (χ3v) is 8.23. The summed E-state index contributed by atoms with van der Waals surface area (Å²) < 4.78 is 4.53. The molecule has 1 aromatic carbocycles. The quantitative estimate of drug-likeness (QED) is 0.555. The van der Waals surface area contributed by atoms with Crippen LogP contribution in [0.15, 0.2) is 18.3 Å². The molecule has 0 bridgehead atoms. The van der Waals surface area contributed by atoms with Gasteiger partial charge < -0.3 is 15.1 Å². The number of aromatic nitrogens is 2. The maximum atomic E-state index is 13.4. The van der Waals surface area contributed by atoms with Gasteiger partial charge in [0.1, 0.15) is 4.83 Å². The molecule has 4 heterocycles. The number of nitrogens with zero attached hydrogens (tertiary/aromatic N) is 4. The monoisotopic (exact) mass is 491 g/mol. The Labute approximate surface area is 210 Å². The van der Waals surface area contributed by atoms with Crippen molar-refractivity contribution in [1.29, 1.82) is 0 Å². The molecule has 1 N–H and O–H groups in total. The number of amides is 2.